The zero-order chi connectivity index (χ0) is 41.3. The van der Waals surface area contributed by atoms with Crippen molar-refractivity contribution >= 4 is 33.6 Å². The number of rotatable bonds is 12. The van der Waals surface area contributed by atoms with Gasteiger partial charge in [-0.2, -0.15) is 9.97 Å². The van der Waals surface area contributed by atoms with E-state index in [-0.39, 0.29) is 48.9 Å². The van der Waals surface area contributed by atoms with Crippen LogP contribution in [0.3, 0.4) is 0 Å². The lowest BCUT2D eigenvalue weighted by atomic mass is 9.94. The van der Waals surface area contributed by atoms with E-state index >= 15 is 8.78 Å². The maximum atomic E-state index is 17.6. The number of hydrogen-bond donors (Lipinski definition) is 0. The number of pyridine rings is 1. The number of benzene rings is 2. The molecule has 2 aromatic heterocycles. The Balaban J connectivity index is 1.17. The van der Waals surface area contributed by atoms with Crippen molar-refractivity contribution in [3.05, 3.63) is 47.7 Å². The fourth-order valence-corrected chi connectivity index (χ4v) is 9.98. The number of amides is 1. The lowest BCUT2D eigenvalue weighted by molar-refractivity contribution is -0.0366. The van der Waals surface area contributed by atoms with Gasteiger partial charge < -0.3 is 28.6 Å². The van der Waals surface area contributed by atoms with Crippen LogP contribution in [0.25, 0.3) is 32.9 Å². The third kappa shape index (κ3) is 7.41. The molecule has 4 aliphatic heterocycles. The number of alkyl halides is 1. The smallest absolute Gasteiger partial charge is 0.411 e. The first-order valence-corrected chi connectivity index (χ1v) is 20.9. The van der Waals surface area contributed by atoms with E-state index < -0.39 is 34.5 Å². The molecule has 2 aromatic carbocycles. The third-order valence-electron chi connectivity index (χ3n) is 12.7. The van der Waals surface area contributed by atoms with Crippen molar-refractivity contribution in [1.82, 2.24) is 24.8 Å². The summed E-state index contributed by atoms with van der Waals surface area (Å²) in [6, 6.07) is 6.18. The predicted octanol–water partition coefficient (Wildman–Crippen LogP) is 7.76. The summed E-state index contributed by atoms with van der Waals surface area (Å²) in [7, 11) is 1.51. The average Bonchev–Trinajstić information content (AvgIpc) is 3.81. The number of halogens is 3. The lowest BCUT2D eigenvalue weighted by Gasteiger charge is -2.49. The summed E-state index contributed by atoms with van der Waals surface area (Å²) in [5.74, 6) is -0.333. The summed E-state index contributed by atoms with van der Waals surface area (Å²) in [5.41, 5.74) is -1.23. The average molecular weight is 819 g/mol. The highest BCUT2D eigenvalue weighted by molar-refractivity contribution is 6.02. The van der Waals surface area contributed by atoms with Crippen LogP contribution in [0, 0.1) is 11.6 Å². The molecule has 4 atom stereocenters. The van der Waals surface area contributed by atoms with Gasteiger partial charge in [0.2, 0.25) is 0 Å². The standard InChI is InChI=1S/C44H53F3N6O6/c1-6-31-34(46)11-8-26-16-30(58-25-55-5)17-32(35(26)31)37-36(47)38-33(19-48-37)39(50-40(49-38)57-23-43-13-7-15-52(43)20-27(45)18-43)51-21-28-12-14-44(22-51,24-56-29-9-10-29)53(28)41(54)59-42(2,3)4/h8,11,16-17,19,27-29H,6-7,9-10,12-15,18,20-25H2,1-5H3/t27-,28+,43+,44-/m1/s1. The number of aryl methyl sites for hydroxylation is 1. The number of carbonyl (C=O) groups excluding carboxylic acids is 1. The number of nitrogens with zero attached hydrogens (tertiary/aromatic N) is 6. The van der Waals surface area contributed by atoms with Crippen LogP contribution in [0.4, 0.5) is 23.8 Å². The summed E-state index contributed by atoms with van der Waals surface area (Å²) in [4.78, 5) is 34.4. The molecule has 1 saturated carbocycles. The number of aromatic nitrogens is 3. The molecule has 59 heavy (non-hydrogen) atoms. The van der Waals surface area contributed by atoms with Gasteiger partial charge in [0.15, 0.2) is 12.6 Å². The largest absolute Gasteiger partial charge is 0.468 e. The molecule has 0 unspecified atom stereocenters. The maximum absolute atomic E-state index is 17.6. The Hall–Kier alpha value is -4.47. The van der Waals surface area contributed by atoms with Gasteiger partial charge in [0.05, 0.1) is 35.2 Å². The van der Waals surface area contributed by atoms with Crippen LogP contribution >= 0.6 is 0 Å². The van der Waals surface area contributed by atoms with E-state index in [9.17, 15) is 9.18 Å². The second kappa shape index (κ2) is 15.2. The Morgan fingerprint density at radius 2 is 1.85 bits per heavy atom. The summed E-state index contributed by atoms with van der Waals surface area (Å²) >= 11 is 0. The first kappa shape index (κ1) is 40.0. The normalized spacial score (nSPS) is 25.6. The molecule has 5 aliphatic rings. The Labute approximate surface area is 342 Å². The topological polar surface area (TPSA) is 112 Å². The molecule has 0 radical (unpaired) electrons. The summed E-state index contributed by atoms with van der Waals surface area (Å²) < 4.78 is 77.5. The fourth-order valence-electron chi connectivity index (χ4n) is 9.98. The van der Waals surface area contributed by atoms with E-state index in [2.05, 4.69) is 9.80 Å². The van der Waals surface area contributed by atoms with Crippen LogP contribution < -0.4 is 14.4 Å². The van der Waals surface area contributed by atoms with Crippen molar-refractivity contribution in [3.63, 3.8) is 0 Å². The van der Waals surface area contributed by atoms with E-state index in [1.807, 2.05) is 32.6 Å². The van der Waals surface area contributed by atoms with Crippen LogP contribution in [0.15, 0.2) is 30.5 Å². The summed E-state index contributed by atoms with van der Waals surface area (Å²) in [6.07, 6.45) is 6.15. The first-order chi connectivity index (χ1) is 28.3. The van der Waals surface area contributed by atoms with Gasteiger partial charge in [-0.25, -0.2) is 18.0 Å². The zero-order valence-corrected chi connectivity index (χ0v) is 34.5. The zero-order valence-electron chi connectivity index (χ0n) is 34.5. The van der Waals surface area contributed by atoms with Crippen LogP contribution in [0.2, 0.25) is 0 Å². The van der Waals surface area contributed by atoms with Gasteiger partial charge in [-0.1, -0.05) is 13.0 Å². The Morgan fingerprint density at radius 3 is 2.61 bits per heavy atom. The number of carbonyl (C=O) groups is 1. The monoisotopic (exact) mass is 818 g/mol. The molecule has 9 rings (SSSR count). The number of hydrogen-bond acceptors (Lipinski definition) is 11. The van der Waals surface area contributed by atoms with Gasteiger partial charge in [0, 0.05) is 44.9 Å². The van der Waals surface area contributed by atoms with Gasteiger partial charge >= 0.3 is 12.1 Å². The van der Waals surface area contributed by atoms with Crippen molar-refractivity contribution in [2.24, 2.45) is 0 Å². The van der Waals surface area contributed by atoms with Crippen LogP contribution in [-0.4, -0.2) is 119 Å². The number of ether oxygens (including phenoxy) is 5. The van der Waals surface area contributed by atoms with Crippen molar-refractivity contribution in [1.29, 1.82) is 0 Å². The van der Waals surface area contributed by atoms with E-state index in [0.717, 1.165) is 38.6 Å². The van der Waals surface area contributed by atoms with Crippen LogP contribution in [0.1, 0.15) is 78.2 Å². The Bertz CT molecular complexity index is 2270. The van der Waals surface area contributed by atoms with Gasteiger partial charge in [0.25, 0.3) is 0 Å². The van der Waals surface area contributed by atoms with E-state index in [4.69, 9.17) is 38.6 Å². The van der Waals surface area contributed by atoms with Crippen molar-refractivity contribution in [2.75, 3.05) is 58.2 Å². The second-order valence-corrected chi connectivity index (χ2v) is 18.0. The maximum Gasteiger partial charge on any atom is 0.411 e. The molecule has 0 N–H and O–H groups in total. The van der Waals surface area contributed by atoms with Gasteiger partial charge in [-0.05, 0) is 107 Å². The van der Waals surface area contributed by atoms with Gasteiger partial charge in [-0.15, -0.1) is 0 Å². The number of piperazine rings is 1. The second-order valence-electron chi connectivity index (χ2n) is 18.0. The van der Waals surface area contributed by atoms with E-state index in [0.29, 0.717) is 84.4 Å². The number of anilines is 1. The minimum Gasteiger partial charge on any atom is -0.468 e. The molecular formula is C44H53F3N6O6. The van der Waals surface area contributed by atoms with E-state index in [1.54, 1.807) is 24.4 Å². The van der Waals surface area contributed by atoms with Crippen molar-refractivity contribution in [2.45, 2.75) is 114 Å². The molecule has 4 saturated heterocycles. The fraction of sp³-hybridized carbons (Fsp3) is 0.591. The molecule has 12 nitrogen and oxygen atoms in total. The molecule has 15 heteroatoms. The molecule has 6 heterocycles. The SMILES string of the molecule is CCc1c(F)ccc2cc(OCOC)cc(-c3ncc4c(N5C[C@@H]6CC[C@](COC7CC7)(C5)N6C(=O)OC(C)(C)C)nc(OC[C@@]56CCCN5C[C@H](F)C6)nc4c3F)c12. The highest BCUT2D eigenvalue weighted by Crippen LogP contribution is 2.46. The summed E-state index contributed by atoms with van der Waals surface area (Å²) in [6.45, 7) is 9.71. The van der Waals surface area contributed by atoms with Gasteiger partial charge in [0.1, 0.15) is 47.0 Å². The van der Waals surface area contributed by atoms with Crippen molar-refractivity contribution < 1.29 is 41.7 Å². The highest BCUT2D eigenvalue weighted by atomic mass is 19.1. The molecule has 1 amide bonds. The first-order valence-electron chi connectivity index (χ1n) is 20.9. The number of methoxy groups -OCH3 is 1. The van der Waals surface area contributed by atoms with Gasteiger partial charge in [-0.3, -0.25) is 14.8 Å². The molecule has 0 spiro atoms. The number of fused-ring (bicyclic) bond motifs is 5. The Morgan fingerprint density at radius 1 is 1.02 bits per heavy atom. The molecule has 2 bridgehead atoms. The van der Waals surface area contributed by atoms with Crippen molar-refractivity contribution in [3.8, 4) is 23.0 Å². The quantitative estimate of drug-likeness (QED) is 0.131. The molecular weight excluding hydrogens is 766 g/mol. The van der Waals surface area contributed by atoms with Crippen LogP contribution in [-0.2, 0) is 20.6 Å². The predicted molar refractivity (Wildman–Crippen MR) is 216 cm³/mol. The third-order valence-corrected chi connectivity index (χ3v) is 12.7. The summed E-state index contributed by atoms with van der Waals surface area (Å²) in [5, 5.41) is 1.52. The molecule has 316 valence electrons. The minimum absolute atomic E-state index is 0.0263. The minimum atomic E-state index is -0.958. The van der Waals surface area contributed by atoms with E-state index in [1.165, 1.54) is 13.2 Å². The Kier molecular flexibility index (Phi) is 10.3. The van der Waals surface area contributed by atoms with Crippen LogP contribution in [0.5, 0.6) is 11.8 Å². The molecule has 4 aromatic rings. The lowest BCUT2D eigenvalue weighted by Crippen LogP contribution is -2.66. The molecule has 5 fully saturated rings. The highest BCUT2D eigenvalue weighted by Gasteiger charge is 2.56. The molecule has 1 aliphatic carbocycles.